The Bertz CT molecular complexity index is 842. The van der Waals surface area contributed by atoms with Gasteiger partial charge < -0.3 is 15.0 Å². The number of ether oxygens (including phenoxy) is 1. The van der Waals surface area contributed by atoms with Gasteiger partial charge in [-0.1, -0.05) is 12.1 Å². The van der Waals surface area contributed by atoms with E-state index in [4.69, 9.17) is 4.74 Å². The average Bonchev–Trinajstić information content (AvgIpc) is 2.93. The maximum atomic E-state index is 12.6. The number of pyridine rings is 1. The molecule has 0 unspecified atom stereocenters. The number of aromatic nitrogens is 1. The number of carbonyl (C=O) groups excluding carboxylic acids is 1. The van der Waals surface area contributed by atoms with E-state index >= 15 is 0 Å². The molecule has 2 aromatic rings. The van der Waals surface area contributed by atoms with Gasteiger partial charge in [-0.3, -0.25) is 9.59 Å². The number of hydrogen-bond acceptors (Lipinski definition) is 3. The van der Waals surface area contributed by atoms with Crippen molar-refractivity contribution < 1.29 is 9.53 Å². The summed E-state index contributed by atoms with van der Waals surface area (Å²) >= 11 is 0. The number of carbonyl (C=O) groups is 1. The molecule has 5 nitrogen and oxygen atoms in total. The van der Waals surface area contributed by atoms with Crippen molar-refractivity contribution in [2.75, 3.05) is 6.61 Å². The van der Waals surface area contributed by atoms with Crippen LogP contribution < -0.4 is 10.7 Å². The molecule has 1 saturated carbocycles. The third-order valence-corrected chi connectivity index (χ3v) is 5.43. The predicted octanol–water partition coefficient (Wildman–Crippen LogP) is 2.06. The van der Waals surface area contributed by atoms with Crippen molar-refractivity contribution in [3.63, 3.8) is 0 Å². The summed E-state index contributed by atoms with van der Waals surface area (Å²) in [6, 6.07) is 7.74. The molecule has 2 heterocycles. The fourth-order valence-electron chi connectivity index (χ4n) is 3.98. The second-order valence-electron chi connectivity index (χ2n) is 6.87. The molecular formula is C19H22N2O3. The first-order chi connectivity index (χ1) is 11.6. The summed E-state index contributed by atoms with van der Waals surface area (Å²) in [7, 11) is 0. The Labute approximate surface area is 140 Å². The van der Waals surface area contributed by atoms with Gasteiger partial charge in [-0.2, -0.15) is 0 Å². The van der Waals surface area contributed by atoms with Crippen LogP contribution in [0.3, 0.4) is 0 Å². The summed E-state index contributed by atoms with van der Waals surface area (Å²) < 4.78 is 5.57. The lowest BCUT2D eigenvalue weighted by atomic mass is 9.76. The second-order valence-corrected chi connectivity index (χ2v) is 6.87. The summed E-state index contributed by atoms with van der Waals surface area (Å²) in [5.41, 5.74) is 2.43. The van der Waals surface area contributed by atoms with Crippen molar-refractivity contribution in [1.82, 2.24) is 10.3 Å². The van der Waals surface area contributed by atoms with Crippen molar-refractivity contribution in [2.45, 2.75) is 44.8 Å². The number of aromatic amines is 1. The van der Waals surface area contributed by atoms with Crippen LogP contribution in [0, 0.1) is 12.8 Å². The normalized spacial score (nSPS) is 25.3. The monoisotopic (exact) mass is 326 g/mol. The Hall–Kier alpha value is -2.14. The van der Waals surface area contributed by atoms with Gasteiger partial charge >= 0.3 is 0 Å². The second kappa shape index (κ2) is 6.06. The third-order valence-electron chi connectivity index (χ3n) is 5.43. The van der Waals surface area contributed by atoms with Crippen molar-refractivity contribution in [2.24, 2.45) is 5.92 Å². The number of hydrogen-bond donors (Lipinski definition) is 2. The highest BCUT2D eigenvalue weighted by Gasteiger charge is 2.45. The molecule has 0 radical (unpaired) electrons. The molecule has 1 aromatic carbocycles. The first kappa shape index (κ1) is 15.4. The zero-order valence-corrected chi connectivity index (χ0v) is 13.8. The maximum absolute atomic E-state index is 12.6. The standard InChI is InChI=1S/C19H22N2O3/c1-11-12(19(23)14-4-2-3-5-15(14)20-11)6-7-18(22)21-16-10-17-13(16)8-9-24-17/h2-5,13,16-17H,6-10H2,1H3,(H,20,23)(H,21,22)/t13-,16+,17+/m1/s1. The lowest BCUT2D eigenvalue weighted by Crippen LogP contribution is -2.53. The Morgan fingerprint density at radius 1 is 1.38 bits per heavy atom. The first-order valence-corrected chi connectivity index (χ1v) is 8.65. The van der Waals surface area contributed by atoms with Crippen LogP contribution in [0.15, 0.2) is 29.1 Å². The molecule has 1 aliphatic heterocycles. The SMILES string of the molecule is Cc1[nH]c2ccccc2c(=O)c1CCC(=O)N[C@H]1C[C@@H]2OCC[C@H]12. The van der Waals surface area contributed by atoms with Crippen molar-refractivity contribution >= 4 is 16.8 Å². The number of aryl methyl sites for hydroxylation is 1. The van der Waals surface area contributed by atoms with E-state index in [1.807, 2.05) is 31.2 Å². The average molecular weight is 326 g/mol. The van der Waals surface area contributed by atoms with Crippen LogP contribution in [0.4, 0.5) is 0 Å². The van der Waals surface area contributed by atoms with E-state index in [0.29, 0.717) is 35.8 Å². The molecule has 1 amide bonds. The van der Waals surface area contributed by atoms with E-state index in [1.54, 1.807) is 0 Å². The minimum atomic E-state index is 0.0253. The van der Waals surface area contributed by atoms with Crippen molar-refractivity contribution in [3.8, 4) is 0 Å². The summed E-state index contributed by atoms with van der Waals surface area (Å²) in [5.74, 6) is 0.511. The maximum Gasteiger partial charge on any atom is 0.220 e. The molecule has 2 fully saturated rings. The molecule has 2 aliphatic rings. The molecule has 0 bridgehead atoms. The fourth-order valence-corrected chi connectivity index (χ4v) is 3.98. The van der Waals surface area contributed by atoms with E-state index < -0.39 is 0 Å². The van der Waals surface area contributed by atoms with Crippen LogP contribution in [-0.2, 0) is 16.0 Å². The van der Waals surface area contributed by atoms with Gasteiger partial charge in [-0.25, -0.2) is 0 Å². The van der Waals surface area contributed by atoms with Gasteiger partial charge in [0.25, 0.3) is 0 Å². The molecule has 1 aromatic heterocycles. The number of fused-ring (bicyclic) bond motifs is 2. The lowest BCUT2D eigenvalue weighted by molar-refractivity contribution is -0.124. The van der Waals surface area contributed by atoms with E-state index in [-0.39, 0.29) is 17.4 Å². The molecule has 4 rings (SSSR count). The quantitative estimate of drug-likeness (QED) is 0.903. The summed E-state index contributed by atoms with van der Waals surface area (Å²) in [4.78, 5) is 28.1. The van der Waals surface area contributed by atoms with E-state index in [0.717, 1.165) is 30.7 Å². The van der Waals surface area contributed by atoms with Crippen LogP contribution >= 0.6 is 0 Å². The zero-order chi connectivity index (χ0) is 16.7. The predicted molar refractivity (Wildman–Crippen MR) is 92.0 cm³/mol. The third kappa shape index (κ3) is 2.63. The smallest absolute Gasteiger partial charge is 0.220 e. The molecular weight excluding hydrogens is 304 g/mol. The van der Waals surface area contributed by atoms with Crippen molar-refractivity contribution in [3.05, 3.63) is 45.7 Å². The lowest BCUT2D eigenvalue weighted by Gasteiger charge is -2.39. The van der Waals surface area contributed by atoms with E-state index in [2.05, 4.69) is 10.3 Å². The van der Waals surface area contributed by atoms with Crippen molar-refractivity contribution in [1.29, 1.82) is 0 Å². The van der Waals surface area contributed by atoms with Crippen LogP contribution in [0.5, 0.6) is 0 Å². The highest BCUT2D eigenvalue weighted by molar-refractivity contribution is 5.80. The molecule has 2 N–H and O–H groups in total. The van der Waals surface area contributed by atoms with Crippen LogP contribution in [0.25, 0.3) is 10.9 Å². The molecule has 1 aliphatic carbocycles. The number of amides is 1. The van der Waals surface area contributed by atoms with Gasteiger partial charge in [0.2, 0.25) is 5.91 Å². The fraction of sp³-hybridized carbons (Fsp3) is 0.474. The molecule has 24 heavy (non-hydrogen) atoms. The van der Waals surface area contributed by atoms with Gasteiger partial charge in [0.15, 0.2) is 5.43 Å². The number of rotatable bonds is 4. The first-order valence-electron chi connectivity index (χ1n) is 8.65. The van der Waals surface area contributed by atoms with Crippen LogP contribution in [-0.4, -0.2) is 29.6 Å². The summed E-state index contributed by atoms with van der Waals surface area (Å²) in [6.45, 7) is 2.71. The highest BCUT2D eigenvalue weighted by Crippen LogP contribution is 2.38. The Morgan fingerprint density at radius 2 is 2.21 bits per heavy atom. The Kier molecular flexibility index (Phi) is 3.88. The minimum absolute atomic E-state index is 0.0253. The Balaban J connectivity index is 1.43. The van der Waals surface area contributed by atoms with Gasteiger partial charge in [-0.05, 0) is 38.3 Å². The largest absolute Gasteiger partial charge is 0.378 e. The number of H-pyrrole nitrogens is 1. The zero-order valence-electron chi connectivity index (χ0n) is 13.8. The van der Waals surface area contributed by atoms with Gasteiger partial charge in [0, 0.05) is 47.1 Å². The molecule has 1 saturated heterocycles. The molecule has 126 valence electrons. The van der Waals surface area contributed by atoms with Gasteiger partial charge in [0.05, 0.1) is 6.10 Å². The van der Waals surface area contributed by atoms with Crippen LogP contribution in [0.1, 0.15) is 30.5 Å². The molecule has 3 atom stereocenters. The molecule has 5 heteroatoms. The Morgan fingerprint density at radius 3 is 3.04 bits per heavy atom. The number of para-hydroxylation sites is 1. The van der Waals surface area contributed by atoms with Gasteiger partial charge in [-0.15, -0.1) is 0 Å². The number of benzene rings is 1. The summed E-state index contributed by atoms with van der Waals surface area (Å²) in [5, 5.41) is 3.79. The van der Waals surface area contributed by atoms with E-state index in [9.17, 15) is 9.59 Å². The van der Waals surface area contributed by atoms with Crippen LogP contribution in [0.2, 0.25) is 0 Å². The number of nitrogens with one attached hydrogen (secondary N) is 2. The summed E-state index contributed by atoms with van der Waals surface area (Å²) in [6.07, 6.45) is 3.12. The van der Waals surface area contributed by atoms with E-state index in [1.165, 1.54) is 0 Å². The topological polar surface area (TPSA) is 71.2 Å². The van der Waals surface area contributed by atoms with Gasteiger partial charge in [0.1, 0.15) is 0 Å². The minimum Gasteiger partial charge on any atom is -0.378 e. The highest BCUT2D eigenvalue weighted by atomic mass is 16.5. The molecule has 0 spiro atoms.